The number of nitrogens with one attached hydrogen (secondary N) is 1. The second-order valence-corrected chi connectivity index (χ2v) is 7.53. The Bertz CT molecular complexity index is 764. The Hall–Kier alpha value is -1.99. The molecule has 0 radical (unpaired) electrons. The Morgan fingerprint density at radius 1 is 1.36 bits per heavy atom. The lowest BCUT2D eigenvalue weighted by Crippen LogP contribution is -2.52. The molecule has 1 aliphatic heterocycles. The quantitative estimate of drug-likeness (QED) is 0.817. The number of pyridine rings is 1. The van der Waals surface area contributed by atoms with Crippen molar-refractivity contribution < 1.29 is 9.90 Å². The van der Waals surface area contributed by atoms with Crippen LogP contribution in [0.15, 0.2) is 18.6 Å². The van der Waals surface area contributed by atoms with E-state index in [1.54, 1.807) is 10.7 Å². The number of aldehydes is 1. The average molecular weight is 343 g/mol. The van der Waals surface area contributed by atoms with Gasteiger partial charge in [0.05, 0.1) is 11.3 Å². The summed E-state index contributed by atoms with van der Waals surface area (Å²) < 4.78 is 1.67. The molecule has 7 heteroatoms. The molecular weight excluding hydrogens is 318 g/mol. The molecule has 2 aromatic heterocycles. The number of piperidine rings is 1. The Balaban J connectivity index is 1.45. The lowest BCUT2D eigenvalue weighted by molar-refractivity contribution is 0.0340. The average Bonchev–Trinajstić information content (AvgIpc) is 3.21. The number of fused-ring (bicyclic) bond motifs is 1. The number of aromatic nitrogens is 3. The molecule has 0 bridgehead atoms. The summed E-state index contributed by atoms with van der Waals surface area (Å²) in [6, 6.07) is 2.52. The topological polar surface area (TPSA) is 82.8 Å². The van der Waals surface area contributed by atoms with Gasteiger partial charge >= 0.3 is 0 Å². The van der Waals surface area contributed by atoms with E-state index in [0.717, 1.165) is 62.8 Å². The highest BCUT2D eigenvalue weighted by Crippen LogP contribution is 2.31. The highest BCUT2D eigenvalue weighted by molar-refractivity contribution is 5.81. The van der Waals surface area contributed by atoms with Crippen LogP contribution in [0.5, 0.6) is 0 Å². The van der Waals surface area contributed by atoms with Crippen LogP contribution >= 0.6 is 0 Å². The van der Waals surface area contributed by atoms with E-state index in [1.165, 1.54) is 6.33 Å². The fourth-order valence-corrected chi connectivity index (χ4v) is 4.21. The zero-order valence-electron chi connectivity index (χ0n) is 14.6. The van der Waals surface area contributed by atoms with Crippen LogP contribution < -0.4 is 10.2 Å². The second-order valence-electron chi connectivity index (χ2n) is 7.53. The van der Waals surface area contributed by atoms with E-state index in [2.05, 4.69) is 20.3 Å². The molecule has 0 aromatic carbocycles. The van der Waals surface area contributed by atoms with Gasteiger partial charge in [-0.2, -0.15) is 5.10 Å². The van der Waals surface area contributed by atoms with Gasteiger partial charge in [0.15, 0.2) is 11.9 Å². The predicted octanol–water partition coefficient (Wildman–Crippen LogP) is 1.40. The first-order valence-electron chi connectivity index (χ1n) is 9.09. The van der Waals surface area contributed by atoms with Crippen LogP contribution in [0.2, 0.25) is 0 Å². The van der Waals surface area contributed by atoms with Crippen molar-refractivity contribution in [1.29, 1.82) is 0 Å². The lowest BCUT2D eigenvalue weighted by Gasteiger charge is -2.37. The molecular formula is C18H25N5O2. The van der Waals surface area contributed by atoms with Gasteiger partial charge in [0.1, 0.15) is 6.33 Å². The van der Waals surface area contributed by atoms with Crippen LogP contribution in [0.1, 0.15) is 49.4 Å². The first-order chi connectivity index (χ1) is 12.1. The van der Waals surface area contributed by atoms with E-state index >= 15 is 0 Å². The molecule has 2 aliphatic rings. The van der Waals surface area contributed by atoms with Crippen molar-refractivity contribution in [2.45, 2.75) is 56.7 Å². The Morgan fingerprint density at radius 2 is 2.16 bits per heavy atom. The minimum Gasteiger partial charge on any atom is -0.389 e. The van der Waals surface area contributed by atoms with Crippen molar-refractivity contribution in [1.82, 2.24) is 19.9 Å². The fraction of sp³-hybridized carbons (Fsp3) is 0.611. The number of nitrogens with zero attached hydrogens (tertiary/aromatic N) is 4. The largest absolute Gasteiger partial charge is 0.389 e. The highest BCUT2D eigenvalue weighted by Gasteiger charge is 2.38. The van der Waals surface area contributed by atoms with E-state index in [-0.39, 0.29) is 6.04 Å². The molecule has 2 unspecified atom stereocenters. The maximum Gasteiger partial charge on any atom is 0.178 e. The highest BCUT2D eigenvalue weighted by atomic mass is 16.3. The summed E-state index contributed by atoms with van der Waals surface area (Å²) in [6.45, 7) is 3.74. The number of hydrogen-bond donors (Lipinski definition) is 2. The van der Waals surface area contributed by atoms with Crippen molar-refractivity contribution in [2.24, 2.45) is 0 Å². The van der Waals surface area contributed by atoms with Crippen LogP contribution in [-0.4, -0.2) is 56.8 Å². The van der Waals surface area contributed by atoms with Gasteiger partial charge in [0.2, 0.25) is 0 Å². The van der Waals surface area contributed by atoms with Gasteiger partial charge in [-0.15, -0.1) is 0 Å². The first-order valence-corrected chi connectivity index (χ1v) is 9.09. The van der Waals surface area contributed by atoms with Gasteiger partial charge in [-0.05, 0) is 45.1 Å². The minimum absolute atomic E-state index is 0.200. The van der Waals surface area contributed by atoms with Gasteiger partial charge in [-0.1, -0.05) is 0 Å². The molecule has 2 N–H and O–H groups in total. The lowest BCUT2D eigenvalue weighted by atomic mass is 9.97. The Kier molecular flexibility index (Phi) is 4.21. The van der Waals surface area contributed by atoms with E-state index in [0.29, 0.717) is 11.6 Å². The summed E-state index contributed by atoms with van der Waals surface area (Å²) in [5.41, 5.74) is 1.78. The number of rotatable bonds is 4. The third-order valence-electron chi connectivity index (χ3n) is 5.71. The summed E-state index contributed by atoms with van der Waals surface area (Å²) in [5, 5.41) is 18.3. The van der Waals surface area contributed by atoms with Crippen LogP contribution in [0, 0.1) is 0 Å². The molecule has 134 valence electrons. The number of carbonyl (C=O) groups excluding carboxylic acids is 1. The molecule has 2 atom stereocenters. The molecule has 2 fully saturated rings. The van der Waals surface area contributed by atoms with Crippen molar-refractivity contribution >= 4 is 17.6 Å². The molecule has 0 spiro atoms. The zero-order valence-corrected chi connectivity index (χ0v) is 14.6. The van der Waals surface area contributed by atoms with Crippen molar-refractivity contribution in [3.05, 3.63) is 24.2 Å². The number of aliphatic hydroxyl groups is 1. The van der Waals surface area contributed by atoms with Crippen LogP contribution in [0.4, 0.5) is 5.69 Å². The zero-order chi connectivity index (χ0) is 17.4. The molecule has 4 rings (SSSR count). The van der Waals surface area contributed by atoms with Gasteiger partial charge in [0.25, 0.3) is 0 Å². The molecule has 1 saturated carbocycles. The fourth-order valence-electron chi connectivity index (χ4n) is 4.21. The standard InChI is InChI=1S/C18H25N5O2/c1-18(25)6-2-3-16(18)21-14-4-7-22(8-5-14)15-9-13(11-24)10-23-17(15)19-12-20-23/h9-12,14,16,21,25H,2-8H2,1H3. The molecule has 1 saturated heterocycles. The van der Waals surface area contributed by atoms with E-state index in [9.17, 15) is 9.90 Å². The molecule has 1 aliphatic carbocycles. The summed E-state index contributed by atoms with van der Waals surface area (Å²) >= 11 is 0. The van der Waals surface area contributed by atoms with Crippen LogP contribution in [0.3, 0.4) is 0 Å². The van der Waals surface area contributed by atoms with Gasteiger partial charge in [-0.25, -0.2) is 9.50 Å². The van der Waals surface area contributed by atoms with Crippen molar-refractivity contribution in [3.63, 3.8) is 0 Å². The second kappa shape index (κ2) is 6.38. The molecule has 3 heterocycles. The smallest absolute Gasteiger partial charge is 0.178 e. The summed E-state index contributed by atoms with van der Waals surface area (Å²) in [4.78, 5) is 17.8. The normalized spacial score (nSPS) is 27.9. The first kappa shape index (κ1) is 16.5. The summed E-state index contributed by atoms with van der Waals surface area (Å²) in [6.07, 6.45) is 9.12. The maximum absolute atomic E-state index is 11.2. The van der Waals surface area contributed by atoms with E-state index in [1.807, 2.05) is 13.0 Å². The monoisotopic (exact) mass is 343 g/mol. The number of anilines is 1. The summed E-state index contributed by atoms with van der Waals surface area (Å²) in [5.74, 6) is 0. The molecule has 25 heavy (non-hydrogen) atoms. The molecule has 2 aromatic rings. The van der Waals surface area contributed by atoms with Crippen LogP contribution in [-0.2, 0) is 0 Å². The summed E-state index contributed by atoms with van der Waals surface area (Å²) in [7, 11) is 0. The van der Waals surface area contributed by atoms with Crippen LogP contribution in [0.25, 0.3) is 5.65 Å². The Morgan fingerprint density at radius 3 is 2.84 bits per heavy atom. The third-order valence-corrected chi connectivity index (χ3v) is 5.71. The predicted molar refractivity (Wildman–Crippen MR) is 95.0 cm³/mol. The van der Waals surface area contributed by atoms with Crippen molar-refractivity contribution in [2.75, 3.05) is 18.0 Å². The SMILES string of the molecule is CC1(O)CCCC1NC1CCN(c2cc(C=O)cn3ncnc23)CC1. The third kappa shape index (κ3) is 3.14. The number of carbonyl (C=O) groups is 1. The number of hydrogen-bond acceptors (Lipinski definition) is 6. The van der Waals surface area contributed by atoms with Gasteiger partial charge < -0.3 is 15.3 Å². The molecule has 7 nitrogen and oxygen atoms in total. The maximum atomic E-state index is 11.2. The minimum atomic E-state index is -0.580. The van der Waals surface area contributed by atoms with Gasteiger partial charge in [0, 0.05) is 36.9 Å². The molecule has 0 amide bonds. The Labute approximate surface area is 147 Å². The van der Waals surface area contributed by atoms with Crippen molar-refractivity contribution in [3.8, 4) is 0 Å². The van der Waals surface area contributed by atoms with Gasteiger partial charge in [-0.3, -0.25) is 4.79 Å². The van der Waals surface area contributed by atoms with E-state index < -0.39 is 5.60 Å². The van der Waals surface area contributed by atoms with E-state index in [4.69, 9.17) is 0 Å².